The zero-order chi connectivity index (χ0) is 20.9. The number of hydrogen-bond acceptors (Lipinski definition) is 0. The SMILES string of the molecule is CCc1ccc(C2CCC(C=CC#Cc3ccc(C(F)(F)F)c(F)c3)CC2)cc1. The van der Waals surface area contributed by atoms with Crippen LogP contribution in [0.4, 0.5) is 17.6 Å². The lowest BCUT2D eigenvalue weighted by atomic mass is 9.78. The first kappa shape index (κ1) is 21.2. The molecule has 152 valence electrons. The normalized spacial score (nSPS) is 19.8. The summed E-state index contributed by atoms with van der Waals surface area (Å²) < 4.78 is 51.3. The highest BCUT2D eigenvalue weighted by Crippen LogP contribution is 2.36. The van der Waals surface area contributed by atoms with Gasteiger partial charge in [0.2, 0.25) is 0 Å². The van der Waals surface area contributed by atoms with Crippen molar-refractivity contribution in [1.29, 1.82) is 0 Å². The Morgan fingerprint density at radius 2 is 1.69 bits per heavy atom. The van der Waals surface area contributed by atoms with Gasteiger partial charge in [0.05, 0.1) is 5.56 Å². The second-order valence-electron chi connectivity index (χ2n) is 7.53. The van der Waals surface area contributed by atoms with Crippen molar-refractivity contribution in [2.45, 2.75) is 51.1 Å². The van der Waals surface area contributed by atoms with Gasteiger partial charge in [-0.05, 0) is 79.3 Å². The quantitative estimate of drug-likeness (QED) is 0.375. The average Bonchev–Trinajstić information content (AvgIpc) is 2.71. The lowest BCUT2D eigenvalue weighted by Crippen LogP contribution is -2.11. The first-order valence-electron chi connectivity index (χ1n) is 10.0. The van der Waals surface area contributed by atoms with Crippen molar-refractivity contribution in [3.63, 3.8) is 0 Å². The summed E-state index contributed by atoms with van der Waals surface area (Å²) in [6.07, 6.45) is 4.61. The Balaban J connectivity index is 1.53. The smallest absolute Gasteiger partial charge is 0.206 e. The van der Waals surface area contributed by atoms with Crippen LogP contribution in [0.5, 0.6) is 0 Å². The molecular formula is C25H24F4. The third-order valence-corrected chi connectivity index (χ3v) is 5.57. The van der Waals surface area contributed by atoms with Gasteiger partial charge < -0.3 is 0 Å². The van der Waals surface area contributed by atoms with Crippen LogP contribution in [0.2, 0.25) is 0 Å². The topological polar surface area (TPSA) is 0 Å². The molecule has 2 aromatic rings. The summed E-state index contributed by atoms with van der Waals surface area (Å²) in [5.74, 6) is 5.29. The summed E-state index contributed by atoms with van der Waals surface area (Å²) in [5.41, 5.74) is 1.74. The van der Waals surface area contributed by atoms with Crippen molar-refractivity contribution in [2.75, 3.05) is 0 Å². The highest BCUT2D eigenvalue weighted by molar-refractivity contribution is 5.40. The van der Waals surface area contributed by atoms with E-state index in [1.165, 1.54) is 17.2 Å². The van der Waals surface area contributed by atoms with E-state index in [9.17, 15) is 17.6 Å². The first-order chi connectivity index (χ1) is 13.9. The number of benzene rings is 2. The average molecular weight is 400 g/mol. The van der Waals surface area contributed by atoms with Gasteiger partial charge in [-0.1, -0.05) is 49.1 Å². The molecule has 29 heavy (non-hydrogen) atoms. The fourth-order valence-corrected chi connectivity index (χ4v) is 3.80. The van der Waals surface area contributed by atoms with Gasteiger partial charge in [-0.2, -0.15) is 13.2 Å². The molecule has 0 bridgehead atoms. The van der Waals surface area contributed by atoms with Gasteiger partial charge >= 0.3 is 6.18 Å². The summed E-state index contributed by atoms with van der Waals surface area (Å²) in [4.78, 5) is 0. The Hall–Kier alpha value is -2.54. The third kappa shape index (κ3) is 5.73. The number of halogens is 4. The highest BCUT2D eigenvalue weighted by atomic mass is 19.4. The van der Waals surface area contributed by atoms with Gasteiger partial charge in [0.1, 0.15) is 5.82 Å². The number of aryl methyl sites for hydroxylation is 1. The van der Waals surface area contributed by atoms with E-state index in [0.29, 0.717) is 11.8 Å². The first-order valence-corrected chi connectivity index (χ1v) is 10.0. The third-order valence-electron chi connectivity index (χ3n) is 5.57. The maximum atomic E-state index is 13.6. The minimum absolute atomic E-state index is 0.236. The molecule has 0 N–H and O–H groups in total. The number of rotatable bonds is 3. The van der Waals surface area contributed by atoms with Gasteiger partial charge in [0.25, 0.3) is 0 Å². The van der Waals surface area contributed by atoms with Gasteiger partial charge in [-0.25, -0.2) is 4.39 Å². The molecule has 1 saturated carbocycles. The molecule has 1 fully saturated rings. The molecule has 1 aliphatic carbocycles. The van der Waals surface area contributed by atoms with Crippen molar-refractivity contribution >= 4 is 0 Å². The zero-order valence-corrected chi connectivity index (χ0v) is 16.4. The van der Waals surface area contributed by atoms with E-state index in [4.69, 9.17) is 0 Å². The zero-order valence-electron chi connectivity index (χ0n) is 16.4. The molecule has 1 aliphatic rings. The molecule has 0 saturated heterocycles. The van der Waals surface area contributed by atoms with Crippen molar-refractivity contribution in [3.05, 3.63) is 82.7 Å². The molecule has 0 aromatic heterocycles. The molecule has 4 heteroatoms. The largest absolute Gasteiger partial charge is 0.419 e. The lowest BCUT2D eigenvalue weighted by Gasteiger charge is -2.27. The molecular weight excluding hydrogens is 376 g/mol. The van der Waals surface area contributed by atoms with Gasteiger partial charge in [0, 0.05) is 5.56 Å². The molecule has 0 nitrogen and oxygen atoms in total. The second-order valence-corrected chi connectivity index (χ2v) is 7.53. The van der Waals surface area contributed by atoms with E-state index in [-0.39, 0.29) is 5.56 Å². The molecule has 0 unspecified atom stereocenters. The van der Waals surface area contributed by atoms with Crippen LogP contribution in [-0.2, 0) is 12.6 Å². The molecule has 0 atom stereocenters. The second kappa shape index (κ2) is 9.31. The van der Waals surface area contributed by atoms with Crippen LogP contribution in [0, 0.1) is 23.6 Å². The van der Waals surface area contributed by atoms with Crippen molar-refractivity contribution in [2.24, 2.45) is 5.92 Å². The number of allylic oxidation sites excluding steroid dienone is 2. The van der Waals surface area contributed by atoms with Crippen LogP contribution in [0.3, 0.4) is 0 Å². The number of alkyl halides is 3. The summed E-state index contributed by atoms with van der Waals surface area (Å²) in [6, 6.07) is 11.7. The summed E-state index contributed by atoms with van der Waals surface area (Å²) >= 11 is 0. The Morgan fingerprint density at radius 1 is 1.00 bits per heavy atom. The summed E-state index contributed by atoms with van der Waals surface area (Å²) in [6.45, 7) is 2.16. The van der Waals surface area contributed by atoms with Crippen LogP contribution < -0.4 is 0 Å². The van der Waals surface area contributed by atoms with E-state index < -0.39 is 17.6 Å². The molecule has 3 rings (SSSR count). The molecule has 0 aliphatic heterocycles. The van der Waals surface area contributed by atoms with Crippen LogP contribution in [-0.4, -0.2) is 0 Å². The summed E-state index contributed by atoms with van der Waals surface area (Å²) in [5, 5.41) is 0. The highest BCUT2D eigenvalue weighted by Gasteiger charge is 2.33. The minimum atomic E-state index is -4.69. The van der Waals surface area contributed by atoms with E-state index >= 15 is 0 Å². The Bertz CT molecular complexity index is 903. The van der Waals surface area contributed by atoms with Gasteiger partial charge in [-0.3, -0.25) is 0 Å². The van der Waals surface area contributed by atoms with Crippen LogP contribution in [0.15, 0.2) is 54.6 Å². The maximum absolute atomic E-state index is 13.6. The van der Waals surface area contributed by atoms with Crippen molar-refractivity contribution in [1.82, 2.24) is 0 Å². The fraction of sp³-hybridized carbons (Fsp3) is 0.360. The maximum Gasteiger partial charge on any atom is 0.419 e. The molecule has 0 radical (unpaired) electrons. The van der Waals surface area contributed by atoms with E-state index in [0.717, 1.165) is 44.2 Å². The van der Waals surface area contributed by atoms with Crippen molar-refractivity contribution < 1.29 is 17.6 Å². The summed E-state index contributed by atoms with van der Waals surface area (Å²) in [7, 11) is 0. The lowest BCUT2D eigenvalue weighted by molar-refractivity contribution is -0.140. The number of hydrogen-bond donors (Lipinski definition) is 0. The Labute approximate surface area is 169 Å². The van der Waals surface area contributed by atoms with E-state index in [2.05, 4.69) is 49.1 Å². The molecule has 2 aromatic carbocycles. The Morgan fingerprint density at radius 3 is 2.28 bits per heavy atom. The fourth-order valence-electron chi connectivity index (χ4n) is 3.80. The van der Waals surface area contributed by atoms with Crippen LogP contribution in [0.25, 0.3) is 0 Å². The predicted octanol–water partition coefficient (Wildman–Crippen LogP) is 7.29. The van der Waals surface area contributed by atoms with Gasteiger partial charge in [0.15, 0.2) is 0 Å². The van der Waals surface area contributed by atoms with Crippen molar-refractivity contribution in [3.8, 4) is 11.8 Å². The van der Waals surface area contributed by atoms with Gasteiger partial charge in [-0.15, -0.1) is 0 Å². The Kier molecular flexibility index (Phi) is 6.79. The standard InChI is InChI=1S/C25H24F4/c1-2-18-7-12-21(13-8-18)22-14-9-19(10-15-22)5-3-4-6-20-11-16-23(24(26)17-20)25(27,28)29/h3,5,7-8,11-13,16-17,19,22H,2,9-10,14-15H2,1H3. The minimum Gasteiger partial charge on any atom is -0.206 e. The van der Waals surface area contributed by atoms with Crippen LogP contribution in [0.1, 0.15) is 60.8 Å². The van der Waals surface area contributed by atoms with E-state index in [1.807, 2.05) is 0 Å². The molecule has 0 amide bonds. The monoisotopic (exact) mass is 400 g/mol. The van der Waals surface area contributed by atoms with Crippen LogP contribution >= 0.6 is 0 Å². The van der Waals surface area contributed by atoms with E-state index in [1.54, 1.807) is 6.08 Å². The molecule has 0 spiro atoms. The molecule has 0 heterocycles. The predicted molar refractivity (Wildman–Crippen MR) is 108 cm³/mol.